The Hall–Kier alpha value is -3.19. The summed E-state index contributed by atoms with van der Waals surface area (Å²) in [5.41, 5.74) is 1.28. The molecular weight excluding hydrogens is 408 g/mol. The Bertz CT molecular complexity index is 1050. The van der Waals surface area contributed by atoms with Gasteiger partial charge in [0.15, 0.2) is 17.3 Å². The summed E-state index contributed by atoms with van der Waals surface area (Å²) in [6, 6.07) is 12.5. The van der Waals surface area contributed by atoms with Gasteiger partial charge in [0, 0.05) is 34.5 Å². The molecular formula is C22H21ClN2O5. The van der Waals surface area contributed by atoms with Gasteiger partial charge in [0.25, 0.3) is 0 Å². The van der Waals surface area contributed by atoms with Crippen LogP contribution in [-0.4, -0.2) is 32.4 Å². The van der Waals surface area contributed by atoms with Crippen LogP contribution in [0.2, 0.25) is 5.02 Å². The molecule has 0 saturated heterocycles. The highest BCUT2D eigenvalue weighted by Gasteiger charge is 2.54. The Kier molecular flexibility index (Phi) is 5.30. The number of ether oxygens (including phenoxy) is 3. The van der Waals surface area contributed by atoms with E-state index >= 15 is 0 Å². The first-order chi connectivity index (χ1) is 14.5. The van der Waals surface area contributed by atoms with E-state index in [4.69, 9.17) is 30.3 Å². The lowest BCUT2D eigenvalue weighted by Crippen LogP contribution is -2.28. The van der Waals surface area contributed by atoms with Gasteiger partial charge in [-0.25, -0.2) is 0 Å². The van der Waals surface area contributed by atoms with Crippen molar-refractivity contribution in [1.29, 1.82) is 0 Å². The highest BCUT2D eigenvalue weighted by Crippen LogP contribution is 2.49. The van der Waals surface area contributed by atoms with Gasteiger partial charge in [-0.1, -0.05) is 16.8 Å². The van der Waals surface area contributed by atoms with E-state index in [2.05, 4.69) is 10.5 Å². The number of halogens is 1. The number of benzene rings is 2. The number of amides is 1. The summed E-state index contributed by atoms with van der Waals surface area (Å²) in [5, 5.41) is 7.76. The van der Waals surface area contributed by atoms with Gasteiger partial charge in [0.05, 0.1) is 32.4 Å². The molecule has 1 aliphatic carbocycles. The molecule has 1 heterocycles. The predicted octanol–water partition coefficient (Wildman–Crippen LogP) is 4.69. The highest BCUT2D eigenvalue weighted by atomic mass is 35.5. The third-order valence-electron chi connectivity index (χ3n) is 5.24. The molecule has 1 aromatic heterocycles. The van der Waals surface area contributed by atoms with Crippen molar-refractivity contribution in [3.8, 4) is 28.6 Å². The molecule has 0 radical (unpaired) electrons. The molecule has 1 saturated carbocycles. The number of methoxy groups -OCH3 is 3. The smallest absolute Gasteiger partial charge is 0.236 e. The molecule has 30 heavy (non-hydrogen) atoms. The van der Waals surface area contributed by atoms with Gasteiger partial charge in [-0.15, -0.1) is 0 Å². The van der Waals surface area contributed by atoms with Gasteiger partial charge in [0.2, 0.25) is 11.7 Å². The summed E-state index contributed by atoms with van der Waals surface area (Å²) in [5.74, 6) is 1.82. The van der Waals surface area contributed by atoms with Crippen LogP contribution in [0.4, 0.5) is 5.69 Å². The van der Waals surface area contributed by atoms with Gasteiger partial charge in [-0.05, 0) is 37.1 Å². The zero-order chi connectivity index (χ0) is 21.3. The van der Waals surface area contributed by atoms with E-state index in [1.54, 1.807) is 24.3 Å². The van der Waals surface area contributed by atoms with E-state index in [-0.39, 0.29) is 5.91 Å². The molecule has 1 aliphatic rings. The Morgan fingerprint density at radius 1 is 1.03 bits per heavy atom. The van der Waals surface area contributed by atoms with Crippen LogP contribution in [0.25, 0.3) is 11.3 Å². The molecule has 2 aromatic carbocycles. The van der Waals surface area contributed by atoms with Crippen molar-refractivity contribution in [3.05, 3.63) is 53.2 Å². The number of hydrogen-bond acceptors (Lipinski definition) is 6. The zero-order valence-corrected chi connectivity index (χ0v) is 17.6. The monoisotopic (exact) mass is 428 g/mol. The summed E-state index contributed by atoms with van der Waals surface area (Å²) in [6.07, 6.45) is 1.38. The lowest BCUT2D eigenvalue weighted by Gasteiger charge is -2.16. The average Bonchev–Trinajstić information content (AvgIpc) is 3.43. The first-order valence-corrected chi connectivity index (χ1v) is 9.73. The summed E-state index contributed by atoms with van der Waals surface area (Å²) in [7, 11) is 4.58. The minimum Gasteiger partial charge on any atom is -0.493 e. The fraction of sp³-hybridized carbons (Fsp3) is 0.273. The zero-order valence-electron chi connectivity index (χ0n) is 16.8. The van der Waals surface area contributed by atoms with E-state index in [1.807, 2.05) is 18.2 Å². The second kappa shape index (κ2) is 7.91. The summed E-state index contributed by atoms with van der Waals surface area (Å²) in [4.78, 5) is 13.1. The van der Waals surface area contributed by atoms with Gasteiger partial charge in [0.1, 0.15) is 0 Å². The third kappa shape index (κ3) is 3.57. The molecule has 0 spiro atoms. The maximum absolute atomic E-state index is 13.1. The van der Waals surface area contributed by atoms with Gasteiger partial charge in [-0.3, -0.25) is 4.79 Å². The molecule has 0 atom stereocenters. The molecule has 156 valence electrons. The first kappa shape index (κ1) is 20.1. The summed E-state index contributed by atoms with van der Waals surface area (Å²) < 4.78 is 21.5. The van der Waals surface area contributed by atoms with Crippen LogP contribution in [0.5, 0.6) is 17.2 Å². The number of hydrogen-bond donors (Lipinski definition) is 1. The lowest BCUT2D eigenvalue weighted by atomic mass is 10.00. The molecule has 1 fully saturated rings. The Balaban J connectivity index is 1.58. The number of carbonyl (C=O) groups excluding carboxylic acids is 1. The normalized spacial score (nSPS) is 14.1. The highest BCUT2D eigenvalue weighted by molar-refractivity contribution is 6.30. The van der Waals surface area contributed by atoms with E-state index in [0.29, 0.717) is 52.3 Å². The number of rotatable bonds is 7. The van der Waals surface area contributed by atoms with Gasteiger partial charge >= 0.3 is 0 Å². The minimum atomic E-state index is -0.714. The van der Waals surface area contributed by atoms with Crippen molar-refractivity contribution in [3.63, 3.8) is 0 Å². The molecule has 0 aliphatic heterocycles. The van der Waals surface area contributed by atoms with Crippen molar-refractivity contribution >= 4 is 23.2 Å². The number of nitrogens with one attached hydrogen (secondary N) is 1. The maximum atomic E-state index is 13.1. The third-order valence-corrected chi connectivity index (χ3v) is 5.49. The first-order valence-electron chi connectivity index (χ1n) is 9.35. The lowest BCUT2D eigenvalue weighted by molar-refractivity contribution is -0.118. The van der Waals surface area contributed by atoms with E-state index in [0.717, 1.165) is 5.56 Å². The topological polar surface area (TPSA) is 82.8 Å². The molecule has 0 unspecified atom stereocenters. The largest absolute Gasteiger partial charge is 0.493 e. The fourth-order valence-electron chi connectivity index (χ4n) is 3.38. The van der Waals surface area contributed by atoms with Crippen LogP contribution in [-0.2, 0) is 10.2 Å². The van der Waals surface area contributed by atoms with Gasteiger partial charge in [-0.2, -0.15) is 0 Å². The fourth-order valence-corrected chi connectivity index (χ4v) is 3.51. The molecule has 4 rings (SSSR count). The van der Waals surface area contributed by atoms with E-state index < -0.39 is 5.41 Å². The van der Waals surface area contributed by atoms with Crippen molar-refractivity contribution in [2.75, 3.05) is 26.6 Å². The molecule has 3 aromatic rings. The van der Waals surface area contributed by atoms with Crippen molar-refractivity contribution in [2.45, 2.75) is 18.3 Å². The molecule has 0 bridgehead atoms. The number of anilines is 1. The van der Waals surface area contributed by atoms with Crippen LogP contribution in [0, 0.1) is 0 Å². The van der Waals surface area contributed by atoms with Crippen molar-refractivity contribution < 1.29 is 23.5 Å². The Morgan fingerprint density at radius 3 is 2.20 bits per heavy atom. The maximum Gasteiger partial charge on any atom is 0.236 e. The van der Waals surface area contributed by atoms with E-state index in [9.17, 15) is 4.79 Å². The van der Waals surface area contributed by atoms with Gasteiger partial charge < -0.3 is 24.1 Å². The Labute approximate surface area is 178 Å². The number of aromatic nitrogens is 1. The SMILES string of the molecule is COc1cc(NC(=O)C2(c3cc(-c4ccc(Cl)cc4)on3)CC2)cc(OC)c1OC. The van der Waals surface area contributed by atoms with Crippen LogP contribution in [0.1, 0.15) is 18.5 Å². The molecule has 7 nitrogen and oxygen atoms in total. The van der Waals surface area contributed by atoms with Crippen LogP contribution in [0.15, 0.2) is 47.0 Å². The second-order valence-corrected chi connectivity index (χ2v) is 7.47. The average molecular weight is 429 g/mol. The summed E-state index contributed by atoms with van der Waals surface area (Å²) in [6.45, 7) is 0. The molecule has 1 N–H and O–H groups in total. The number of carbonyl (C=O) groups is 1. The standard InChI is InChI=1S/C22H21ClN2O5/c1-27-17-10-15(11-18(28-2)20(17)29-3)24-21(26)22(8-9-22)19-12-16(30-25-19)13-4-6-14(23)7-5-13/h4-7,10-12H,8-9H2,1-3H3,(H,24,26). The Morgan fingerprint density at radius 2 is 1.67 bits per heavy atom. The quantitative estimate of drug-likeness (QED) is 0.587. The molecule has 1 amide bonds. The van der Waals surface area contributed by atoms with Crippen LogP contribution < -0.4 is 19.5 Å². The van der Waals surface area contributed by atoms with Crippen LogP contribution >= 0.6 is 11.6 Å². The van der Waals surface area contributed by atoms with E-state index in [1.165, 1.54) is 21.3 Å². The minimum absolute atomic E-state index is 0.160. The van der Waals surface area contributed by atoms with Crippen LogP contribution in [0.3, 0.4) is 0 Å². The second-order valence-electron chi connectivity index (χ2n) is 7.03. The van der Waals surface area contributed by atoms with Crippen molar-refractivity contribution in [2.24, 2.45) is 0 Å². The number of nitrogens with zero attached hydrogens (tertiary/aromatic N) is 1. The molecule has 8 heteroatoms. The predicted molar refractivity (Wildman–Crippen MR) is 113 cm³/mol. The summed E-state index contributed by atoms with van der Waals surface area (Å²) >= 11 is 5.94. The van der Waals surface area contributed by atoms with Crippen molar-refractivity contribution in [1.82, 2.24) is 5.16 Å².